The normalized spacial score (nSPS) is 16.6. The smallest absolute Gasteiger partial charge is 0.147 e. The van der Waals surface area contributed by atoms with Crippen LogP contribution in [0.1, 0.15) is 35.8 Å². The number of nitrogens with zero attached hydrogens (tertiary/aromatic N) is 3. The van der Waals surface area contributed by atoms with E-state index in [0.29, 0.717) is 5.92 Å². The topological polar surface area (TPSA) is 54.0 Å². The third kappa shape index (κ3) is 2.87. The first-order valence-corrected chi connectivity index (χ1v) is 8.50. The van der Waals surface area contributed by atoms with Crippen LogP contribution in [0.2, 0.25) is 0 Å². The van der Waals surface area contributed by atoms with Gasteiger partial charge < -0.3 is 9.82 Å². The van der Waals surface area contributed by atoms with Crippen LogP contribution in [-0.2, 0) is 0 Å². The molecule has 1 aromatic carbocycles. The number of hydroxylamine groups is 2. The van der Waals surface area contributed by atoms with E-state index in [1.165, 1.54) is 11.3 Å². The van der Waals surface area contributed by atoms with Crippen molar-refractivity contribution in [3.8, 4) is 5.75 Å². The maximum atomic E-state index is 5.96. The van der Waals surface area contributed by atoms with Crippen molar-refractivity contribution >= 4 is 11.0 Å². The van der Waals surface area contributed by atoms with Gasteiger partial charge in [0.25, 0.3) is 0 Å². The van der Waals surface area contributed by atoms with E-state index >= 15 is 0 Å². The third-order valence-electron chi connectivity index (χ3n) is 4.73. The lowest BCUT2D eigenvalue weighted by molar-refractivity contribution is -0.0755. The molecule has 0 saturated carbocycles. The van der Waals surface area contributed by atoms with Gasteiger partial charge in [0.2, 0.25) is 0 Å². The van der Waals surface area contributed by atoms with Crippen LogP contribution >= 0.6 is 0 Å². The largest absolute Gasteiger partial charge is 0.406 e. The lowest BCUT2D eigenvalue weighted by Gasteiger charge is -2.31. The van der Waals surface area contributed by atoms with Crippen molar-refractivity contribution in [2.75, 3.05) is 13.1 Å². The molecule has 1 fully saturated rings. The predicted molar refractivity (Wildman–Crippen MR) is 94.0 cm³/mol. The highest BCUT2D eigenvalue weighted by Gasteiger charge is 2.26. The Morgan fingerprint density at radius 2 is 1.88 bits per heavy atom. The van der Waals surface area contributed by atoms with E-state index in [9.17, 15) is 0 Å². The fraction of sp³-hybridized carbons (Fsp3) is 0.368. The average molecular weight is 322 g/mol. The molecule has 0 spiro atoms. The highest BCUT2D eigenvalue weighted by atomic mass is 16.7. The van der Waals surface area contributed by atoms with Crippen molar-refractivity contribution in [1.29, 1.82) is 0 Å². The first kappa shape index (κ1) is 15.1. The standard InChI is InChI=1S/C19H22N4O/c1-13-18(19-17(21-13)12-20-14(2)22-19)15-8-10-23(11-9-15)24-16-6-4-3-5-7-16/h3-7,12,15,21H,8-11H2,1-2H3. The van der Waals surface area contributed by atoms with E-state index in [4.69, 9.17) is 4.84 Å². The number of para-hydroxylation sites is 1. The summed E-state index contributed by atoms with van der Waals surface area (Å²) in [6.07, 6.45) is 4.04. The SMILES string of the molecule is Cc1ncc2[nH]c(C)c(C3CCN(Oc4ccccc4)CC3)c2n1. The molecule has 1 N–H and O–H groups in total. The van der Waals surface area contributed by atoms with Crippen LogP contribution in [0.25, 0.3) is 11.0 Å². The molecule has 0 unspecified atom stereocenters. The molecule has 1 aliphatic heterocycles. The van der Waals surface area contributed by atoms with Crippen molar-refractivity contribution in [1.82, 2.24) is 20.0 Å². The third-order valence-corrected chi connectivity index (χ3v) is 4.73. The summed E-state index contributed by atoms with van der Waals surface area (Å²) in [6.45, 7) is 5.94. The number of hydrogen-bond donors (Lipinski definition) is 1. The Morgan fingerprint density at radius 1 is 1.12 bits per heavy atom. The zero-order chi connectivity index (χ0) is 16.5. The van der Waals surface area contributed by atoms with Crippen molar-refractivity contribution in [2.24, 2.45) is 0 Å². The number of piperidine rings is 1. The van der Waals surface area contributed by atoms with Crippen molar-refractivity contribution in [2.45, 2.75) is 32.6 Å². The van der Waals surface area contributed by atoms with Gasteiger partial charge in [0.1, 0.15) is 11.6 Å². The number of nitrogens with one attached hydrogen (secondary N) is 1. The fourth-order valence-electron chi connectivity index (χ4n) is 3.58. The molecule has 0 amide bonds. The second-order valence-electron chi connectivity index (χ2n) is 6.45. The van der Waals surface area contributed by atoms with Crippen molar-refractivity contribution < 1.29 is 4.84 Å². The molecule has 4 rings (SSSR count). The molecule has 0 atom stereocenters. The lowest BCUT2D eigenvalue weighted by Crippen LogP contribution is -2.35. The number of H-pyrrole nitrogens is 1. The summed E-state index contributed by atoms with van der Waals surface area (Å²) in [4.78, 5) is 18.4. The van der Waals surface area contributed by atoms with Gasteiger partial charge in [-0.3, -0.25) is 0 Å². The van der Waals surface area contributed by atoms with Crippen molar-refractivity contribution in [3.05, 3.63) is 53.6 Å². The molecule has 2 aromatic heterocycles. The van der Waals surface area contributed by atoms with Crippen LogP contribution in [0.5, 0.6) is 5.75 Å². The van der Waals surface area contributed by atoms with E-state index in [2.05, 4.69) is 26.9 Å². The zero-order valence-electron chi connectivity index (χ0n) is 14.1. The van der Waals surface area contributed by atoms with Crippen LogP contribution in [-0.4, -0.2) is 33.1 Å². The molecular weight excluding hydrogens is 300 g/mol. The van der Waals surface area contributed by atoms with Crippen LogP contribution in [0.15, 0.2) is 36.5 Å². The van der Waals surface area contributed by atoms with Crippen LogP contribution in [0, 0.1) is 13.8 Å². The molecule has 0 bridgehead atoms. The summed E-state index contributed by atoms with van der Waals surface area (Å²) in [5.74, 6) is 2.25. The first-order valence-electron chi connectivity index (χ1n) is 8.50. The number of rotatable bonds is 3. The van der Waals surface area contributed by atoms with Gasteiger partial charge in [0, 0.05) is 24.3 Å². The second kappa shape index (κ2) is 6.24. The molecule has 1 saturated heterocycles. The summed E-state index contributed by atoms with van der Waals surface area (Å²) in [5.41, 5.74) is 4.70. The van der Waals surface area contributed by atoms with E-state index in [-0.39, 0.29) is 0 Å². The minimum Gasteiger partial charge on any atom is -0.406 e. The minimum atomic E-state index is 0.517. The number of benzene rings is 1. The Hall–Kier alpha value is -2.40. The monoisotopic (exact) mass is 322 g/mol. The van der Waals surface area contributed by atoms with Gasteiger partial charge in [-0.1, -0.05) is 18.2 Å². The summed E-state index contributed by atoms with van der Waals surface area (Å²) < 4.78 is 0. The van der Waals surface area contributed by atoms with Gasteiger partial charge in [0.15, 0.2) is 0 Å². The highest BCUT2D eigenvalue weighted by Crippen LogP contribution is 2.34. The lowest BCUT2D eigenvalue weighted by atomic mass is 9.89. The van der Waals surface area contributed by atoms with Crippen LogP contribution in [0.4, 0.5) is 0 Å². The van der Waals surface area contributed by atoms with Gasteiger partial charge >= 0.3 is 0 Å². The summed E-state index contributed by atoms with van der Waals surface area (Å²) in [6, 6.07) is 9.99. The van der Waals surface area contributed by atoms with Crippen LogP contribution < -0.4 is 4.84 Å². The molecule has 5 heteroatoms. The number of fused-ring (bicyclic) bond motifs is 1. The number of hydrogen-bond acceptors (Lipinski definition) is 4. The van der Waals surface area contributed by atoms with E-state index in [0.717, 1.165) is 48.5 Å². The minimum absolute atomic E-state index is 0.517. The maximum Gasteiger partial charge on any atom is 0.147 e. The summed E-state index contributed by atoms with van der Waals surface area (Å²) in [5, 5.41) is 2.07. The number of aromatic amines is 1. The Labute approximate surface area is 141 Å². The highest BCUT2D eigenvalue weighted by molar-refractivity contribution is 5.80. The van der Waals surface area contributed by atoms with Gasteiger partial charge in [-0.05, 0) is 44.7 Å². The Morgan fingerprint density at radius 3 is 2.62 bits per heavy atom. The van der Waals surface area contributed by atoms with Crippen LogP contribution in [0.3, 0.4) is 0 Å². The Bertz CT molecular complexity index is 835. The predicted octanol–water partition coefficient (Wildman–Crippen LogP) is 3.75. The van der Waals surface area contributed by atoms with Crippen molar-refractivity contribution in [3.63, 3.8) is 0 Å². The Balaban J connectivity index is 1.50. The molecular formula is C19H22N4O. The Kier molecular flexibility index (Phi) is 3.94. The molecule has 5 nitrogen and oxygen atoms in total. The molecule has 1 aliphatic rings. The second-order valence-corrected chi connectivity index (χ2v) is 6.45. The van der Waals surface area contributed by atoms with Gasteiger partial charge in [-0.2, -0.15) is 0 Å². The van der Waals surface area contributed by atoms with Gasteiger partial charge in [-0.15, -0.1) is 5.06 Å². The zero-order valence-corrected chi connectivity index (χ0v) is 14.1. The fourth-order valence-corrected chi connectivity index (χ4v) is 3.58. The number of aryl methyl sites for hydroxylation is 2. The van der Waals surface area contributed by atoms with E-state index in [1.54, 1.807) is 0 Å². The number of aromatic nitrogens is 3. The summed E-state index contributed by atoms with van der Waals surface area (Å²) in [7, 11) is 0. The molecule has 0 aliphatic carbocycles. The first-order chi connectivity index (χ1) is 11.7. The molecule has 0 radical (unpaired) electrons. The van der Waals surface area contributed by atoms with Gasteiger partial charge in [-0.25, -0.2) is 9.97 Å². The quantitative estimate of drug-likeness (QED) is 0.798. The van der Waals surface area contributed by atoms with E-state index in [1.807, 2.05) is 43.5 Å². The molecule has 3 heterocycles. The molecule has 24 heavy (non-hydrogen) atoms. The maximum absolute atomic E-state index is 5.96. The van der Waals surface area contributed by atoms with Gasteiger partial charge in [0.05, 0.1) is 17.2 Å². The molecule has 124 valence electrons. The molecule has 3 aromatic rings. The summed E-state index contributed by atoms with van der Waals surface area (Å²) >= 11 is 0. The average Bonchev–Trinajstić information content (AvgIpc) is 2.92. The van der Waals surface area contributed by atoms with E-state index < -0.39 is 0 Å².